The molecule has 2 N–H and O–H groups in total. The summed E-state index contributed by atoms with van der Waals surface area (Å²) in [5, 5.41) is 12.8. The molecule has 146 valence electrons. The number of methoxy groups -OCH3 is 1. The second-order valence-corrected chi connectivity index (χ2v) is 7.38. The van der Waals surface area contributed by atoms with Crippen molar-refractivity contribution in [3.8, 4) is 5.88 Å². The van der Waals surface area contributed by atoms with Crippen LogP contribution in [0.2, 0.25) is 0 Å². The maximum atomic E-state index is 12.7. The fourth-order valence-corrected chi connectivity index (χ4v) is 3.12. The standard InChI is InChI=1S/C20H23N5O3/c1-12-4-5-14(19(24-12)28-3)9-25-10-15(16-17(25)23-13(2)8-21-16)18(26)22-11-20(27)6-7-20/h4-5,8,10,27H,6-7,9,11H2,1-3H3,(H,22,26). The highest BCUT2D eigenvalue weighted by Crippen LogP contribution is 2.34. The molecule has 8 heteroatoms. The Morgan fingerprint density at radius 2 is 2.07 bits per heavy atom. The molecule has 0 spiro atoms. The Hall–Kier alpha value is -3.00. The number of nitrogens with zero attached hydrogens (tertiary/aromatic N) is 4. The van der Waals surface area contributed by atoms with Crippen molar-refractivity contribution in [2.75, 3.05) is 13.7 Å². The summed E-state index contributed by atoms with van der Waals surface area (Å²) in [6, 6.07) is 3.88. The predicted octanol–water partition coefficient (Wildman–Crippen LogP) is 1.75. The molecule has 1 saturated carbocycles. The van der Waals surface area contributed by atoms with Gasteiger partial charge in [0.05, 0.1) is 30.5 Å². The largest absolute Gasteiger partial charge is 0.481 e. The molecular weight excluding hydrogens is 358 g/mol. The van der Waals surface area contributed by atoms with Gasteiger partial charge in [-0.15, -0.1) is 0 Å². The lowest BCUT2D eigenvalue weighted by Crippen LogP contribution is -2.33. The molecule has 0 radical (unpaired) electrons. The Morgan fingerprint density at radius 3 is 2.79 bits per heavy atom. The fourth-order valence-electron chi connectivity index (χ4n) is 3.12. The summed E-state index contributed by atoms with van der Waals surface area (Å²) in [6.45, 7) is 4.46. The molecule has 28 heavy (non-hydrogen) atoms. The molecule has 0 atom stereocenters. The molecule has 0 bridgehead atoms. The predicted molar refractivity (Wildman–Crippen MR) is 103 cm³/mol. The third-order valence-electron chi connectivity index (χ3n) is 4.95. The number of hydrogen-bond acceptors (Lipinski definition) is 6. The number of nitrogens with one attached hydrogen (secondary N) is 1. The van der Waals surface area contributed by atoms with Crippen LogP contribution in [0.4, 0.5) is 0 Å². The van der Waals surface area contributed by atoms with Crippen LogP contribution in [-0.4, -0.2) is 49.8 Å². The van der Waals surface area contributed by atoms with Crippen molar-refractivity contribution in [3.05, 3.63) is 47.0 Å². The zero-order valence-electron chi connectivity index (χ0n) is 16.2. The van der Waals surface area contributed by atoms with E-state index in [0.29, 0.717) is 42.0 Å². The average Bonchev–Trinajstić information content (AvgIpc) is 3.32. The molecule has 0 unspecified atom stereocenters. The number of amides is 1. The van der Waals surface area contributed by atoms with Crippen LogP contribution in [0.1, 0.15) is 40.2 Å². The van der Waals surface area contributed by atoms with E-state index in [1.807, 2.05) is 30.5 Å². The zero-order valence-corrected chi connectivity index (χ0v) is 16.2. The average molecular weight is 381 g/mol. The molecular formula is C20H23N5O3. The van der Waals surface area contributed by atoms with Crippen LogP contribution in [0.5, 0.6) is 5.88 Å². The number of pyridine rings is 1. The van der Waals surface area contributed by atoms with E-state index in [1.165, 1.54) is 0 Å². The summed E-state index contributed by atoms with van der Waals surface area (Å²) in [4.78, 5) is 26.1. The monoisotopic (exact) mass is 381 g/mol. The SMILES string of the molecule is COc1nc(C)ccc1Cn1cc(C(=O)NCC2(O)CC2)c2ncc(C)nc21. The van der Waals surface area contributed by atoms with Crippen molar-refractivity contribution >= 4 is 17.1 Å². The minimum atomic E-state index is -0.753. The second kappa shape index (κ2) is 6.87. The van der Waals surface area contributed by atoms with Gasteiger partial charge >= 0.3 is 0 Å². The van der Waals surface area contributed by atoms with Crippen molar-refractivity contribution in [1.29, 1.82) is 0 Å². The number of aromatic nitrogens is 4. The normalized spacial score (nSPS) is 14.9. The summed E-state index contributed by atoms with van der Waals surface area (Å²) in [5.74, 6) is 0.278. The molecule has 1 aliphatic carbocycles. The maximum Gasteiger partial charge on any atom is 0.255 e. The number of hydrogen-bond donors (Lipinski definition) is 2. The quantitative estimate of drug-likeness (QED) is 0.675. The van der Waals surface area contributed by atoms with Gasteiger partial charge in [0.15, 0.2) is 5.65 Å². The summed E-state index contributed by atoms with van der Waals surface area (Å²) in [7, 11) is 1.59. The number of ether oxygens (including phenoxy) is 1. The van der Waals surface area contributed by atoms with Gasteiger partial charge < -0.3 is 19.7 Å². The van der Waals surface area contributed by atoms with E-state index < -0.39 is 5.60 Å². The Morgan fingerprint density at radius 1 is 1.29 bits per heavy atom. The van der Waals surface area contributed by atoms with Gasteiger partial charge in [0.25, 0.3) is 5.91 Å². The van der Waals surface area contributed by atoms with Crippen LogP contribution in [0.15, 0.2) is 24.5 Å². The number of carbonyl (C=O) groups is 1. The molecule has 3 aromatic heterocycles. The lowest BCUT2D eigenvalue weighted by Gasteiger charge is -2.10. The molecule has 0 saturated heterocycles. The topological polar surface area (TPSA) is 102 Å². The van der Waals surface area contributed by atoms with Crippen LogP contribution in [0, 0.1) is 13.8 Å². The van der Waals surface area contributed by atoms with Crippen LogP contribution in [-0.2, 0) is 6.54 Å². The summed E-state index contributed by atoms with van der Waals surface area (Å²) in [5.41, 5.74) is 3.35. The van der Waals surface area contributed by atoms with Crippen LogP contribution in [0.25, 0.3) is 11.2 Å². The van der Waals surface area contributed by atoms with Gasteiger partial charge in [-0.2, -0.15) is 0 Å². The van der Waals surface area contributed by atoms with Gasteiger partial charge in [0.1, 0.15) is 5.52 Å². The first-order valence-corrected chi connectivity index (χ1v) is 9.22. The lowest BCUT2D eigenvalue weighted by atomic mass is 10.2. The van der Waals surface area contributed by atoms with E-state index in [9.17, 15) is 9.90 Å². The first-order chi connectivity index (χ1) is 13.4. The van der Waals surface area contributed by atoms with Crippen LogP contribution < -0.4 is 10.1 Å². The highest BCUT2D eigenvalue weighted by Gasteiger charge is 2.40. The first-order valence-electron chi connectivity index (χ1n) is 9.22. The lowest BCUT2D eigenvalue weighted by molar-refractivity contribution is 0.0897. The molecule has 3 aromatic rings. The Kier molecular flexibility index (Phi) is 4.50. The third-order valence-corrected chi connectivity index (χ3v) is 4.95. The Bertz CT molecular complexity index is 1060. The van der Waals surface area contributed by atoms with E-state index in [4.69, 9.17) is 4.74 Å². The molecule has 0 aliphatic heterocycles. The highest BCUT2D eigenvalue weighted by atomic mass is 16.5. The maximum absolute atomic E-state index is 12.7. The van der Waals surface area contributed by atoms with Gasteiger partial charge in [-0.25, -0.2) is 9.97 Å². The molecule has 1 fully saturated rings. The molecule has 0 aromatic carbocycles. The van der Waals surface area contributed by atoms with Crippen molar-refractivity contribution in [3.63, 3.8) is 0 Å². The van der Waals surface area contributed by atoms with Crippen molar-refractivity contribution < 1.29 is 14.6 Å². The smallest absolute Gasteiger partial charge is 0.255 e. The molecule has 4 rings (SSSR count). The number of aliphatic hydroxyl groups is 1. The van der Waals surface area contributed by atoms with Gasteiger partial charge in [-0.1, -0.05) is 6.07 Å². The van der Waals surface area contributed by atoms with Crippen molar-refractivity contribution in [2.45, 2.75) is 38.8 Å². The van der Waals surface area contributed by atoms with E-state index in [2.05, 4.69) is 20.3 Å². The molecule has 1 amide bonds. The third kappa shape index (κ3) is 3.55. The van der Waals surface area contributed by atoms with E-state index >= 15 is 0 Å². The highest BCUT2D eigenvalue weighted by molar-refractivity contribution is 6.04. The fraction of sp³-hybridized carbons (Fsp3) is 0.400. The van der Waals surface area contributed by atoms with Gasteiger partial charge in [-0.05, 0) is 32.8 Å². The van der Waals surface area contributed by atoms with Crippen LogP contribution >= 0.6 is 0 Å². The van der Waals surface area contributed by atoms with E-state index in [-0.39, 0.29) is 12.5 Å². The number of aryl methyl sites for hydroxylation is 2. The van der Waals surface area contributed by atoms with Crippen molar-refractivity contribution in [2.24, 2.45) is 0 Å². The minimum Gasteiger partial charge on any atom is -0.481 e. The molecule has 1 aliphatic rings. The van der Waals surface area contributed by atoms with Gasteiger partial charge in [0, 0.05) is 30.2 Å². The van der Waals surface area contributed by atoms with Crippen LogP contribution in [0.3, 0.4) is 0 Å². The summed E-state index contributed by atoms with van der Waals surface area (Å²) >= 11 is 0. The number of fused-ring (bicyclic) bond motifs is 1. The molecule has 3 heterocycles. The summed E-state index contributed by atoms with van der Waals surface area (Å²) < 4.78 is 7.28. The minimum absolute atomic E-state index is 0.244. The number of rotatable bonds is 6. The second-order valence-electron chi connectivity index (χ2n) is 7.38. The Balaban J connectivity index is 1.70. The number of carbonyl (C=O) groups excluding carboxylic acids is 1. The van der Waals surface area contributed by atoms with E-state index in [1.54, 1.807) is 19.5 Å². The molecule has 8 nitrogen and oxygen atoms in total. The van der Waals surface area contributed by atoms with Gasteiger partial charge in [0.2, 0.25) is 5.88 Å². The van der Waals surface area contributed by atoms with Gasteiger partial charge in [-0.3, -0.25) is 9.78 Å². The first kappa shape index (κ1) is 18.4. The van der Waals surface area contributed by atoms with Crippen molar-refractivity contribution in [1.82, 2.24) is 24.8 Å². The van der Waals surface area contributed by atoms with E-state index in [0.717, 1.165) is 17.0 Å². The Labute approximate surface area is 162 Å². The zero-order chi connectivity index (χ0) is 19.9. The summed E-state index contributed by atoms with van der Waals surface area (Å²) in [6.07, 6.45) is 4.82.